The zero-order valence-electron chi connectivity index (χ0n) is 49.5. The second-order valence-electron chi connectivity index (χ2n) is 28.0. The summed E-state index contributed by atoms with van der Waals surface area (Å²) in [5.41, 5.74) is 22.5. The molecule has 0 aliphatic carbocycles. The van der Waals surface area contributed by atoms with E-state index in [2.05, 4.69) is 294 Å². The van der Waals surface area contributed by atoms with Crippen LogP contribution in [0.1, 0.15) is 132 Å². The summed E-state index contributed by atoms with van der Waals surface area (Å²) in [6, 6.07) is 67.7. The number of hydrogen-bond acceptors (Lipinski definition) is 5. The second-order valence-corrected chi connectivity index (χ2v) is 29.0. The van der Waals surface area contributed by atoms with Gasteiger partial charge in [0, 0.05) is 87.6 Å². The minimum absolute atomic E-state index is 0.00345. The Morgan fingerprint density at radius 2 is 0.900 bits per heavy atom. The molecule has 0 fully saturated rings. The van der Waals surface area contributed by atoms with Gasteiger partial charge in [0.25, 0.3) is 0 Å². The maximum atomic E-state index is 7.28. The molecule has 9 aromatic carbocycles. The number of furan rings is 1. The molecule has 4 heterocycles. The van der Waals surface area contributed by atoms with Crippen molar-refractivity contribution in [3.8, 4) is 11.1 Å². The van der Waals surface area contributed by atoms with Gasteiger partial charge in [-0.1, -0.05) is 183 Å². The topological polar surface area (TPSA) is 22.9 Å². The number of para-hydroxylation sites is 1. The Balaban J connectivity index is 1.11. The molecule has 11 aromatic rings. The third-order valence-corrected chi connectivity index (χ3v) is 18.4. The third-order valence-electron chi connectivity index (χ3n) is 17.2. The van der Waals surface area contributed by atoms with E-state index in [1.807, 2.05) is 11.3 Å². The van der Waals surface area contributed by atoms with Crippen molar-refractivity contribution in [2.24, 2.45) is 0 Å². The van der Waals surface area contributed by atoms with Crippen molar-refractivity contribution in [3.05, 3.63) is 204 Å². The van der Waals surface area contributed by atoms with Gasteiger partial charge in [0.1, 0.15) is 11.2 Å². The highest BCUT2D eigenvalue weighted by atomic mass is 32.1. The number of thiophene rings is 1. The smallest absolute Gasteiger partial charge is 0.333 e. The fraction of sp³-hybridized carbons (Fsp3) is 0.270. The summed E-state index contributed by atoms with van der Waals surface area (Å²) in [4.78, 5) is 7.66. The highest BCUT2D eigenvalue weighted by Gasteiger charge is 2.47. The van der Waals surface area contributed by atoms with Crippen molar-refractivity contribution in [3.63, 3.8) is 0 Å². The SMILES string of the molecule is CC(C)(C)c1ccc(N2B3c4cc(C(C)(C)C)ccc4N(c4ccc(C(C)(C)C)cc4)c4cc5c(oc6ccccc65)c(c43)-c3cc4c(cc32)sc2ccc(N(c3ccc(C(C)(C)C)cc3)c3ccc(C(C)(C)C)cc3)cc24)cc1. The van der Waals surface area contributed by atoms with Crippen LogP contribution in [0.25, 0.3) is 53.2 Å². The first-order chi connectivity index (χ1) is 37.8. The lowest BCUT2D eigenvalue weighted by Gasteiger charge is -2.46. The second kappa shape index (κ2) is 18.0. The lowest BCUT2D eigenvalue weighted by Crippen LogP contribution is -2.61. The average Bonchev–Trinajstić information content (AvgIpc) is 4.09. The molecule has 2 aromatic heterocycles. The van der Waals surface area contributed by atoms with E-state index in [0.717, 1.165) is 55.9 Å². The van der Waals surface area contributed by atoms with Crippen LogP contribution in [0, 0.1) is 0 Å². The maximum Gasteiger partial charge on any atom is 0.333 e. The van der Waals surface area contributed by atoms with Gasteiger partial charge < -0.3 is 19.0 Å². The van der Waals surface area contributed by atoms with Crippen LogP contribution in [0.5, 0.6) is 0 Å². The number of hydrogen-bond donors (Lipinski definition) is 0. The lowest BCUT2D eigenvalue weighted by atomic mass is 9.43. The molecular formula is C74H74BN3OS. The van der Waals surface area contributed by atoms with Gasteiger partial charge in [-0.25, -0.2) is 0 Å². The van der Waals surface area contributed by atoms with E-state index in [4.69, 9.17) is 4.42 Å². The summed E-state index contributed by atoms with van der Waals surface area (Å²) >= 11 is 1.89. The molecule has 6 heteroatoms. The fourth-order valence-electron chi connectivity index (χ4n) is 12.5. The Kier molecular flexibility index (Phi) is 11.7. The minimum atomic E-state index is -0.186. The first-order valence-electron chi connectivity index (χ1n) is 28.8. The van der Waals surface area contributed by atoms with E-state index >= 15 is 0 Å². The van der Waals surface area contributed by atoms with E-state index in [1.165, 1.54) is 81.5 Å². The van der Waals surface area contributed by atoms with Gasteiger partial charge >= 0.3 is 6.85 Å². The minimum Gasteiger partial charge on any atom is -0.455 e. The Hall–Kier alpha value is -7.54. The predicted molar refractivity (Wildman–Crippen MR) is 349 cm³/mol. The molecule has 0 unspecified atom stereocenters. The van der Waals surface area contributed by atoms with Gasteiger partial charge in [0.2, 0.25) is 0 Å². The summed E-state index contributed by atoms with van der Waals surface area (Å²) in [6.07, 6.45) is 0. The Labute approximate surface area is 478 Å². The molecule has 80 heavy (non-hydrogen) atoms. The van der Waals surface area contributed by atoms with Gasteiger partial charge in [-0.15, -0.1) is 11.3 Å². The van der Waals surface area contributed by atoms with Gasteiger partial charge in [0.05, 0.1) is 0 Å². The van der Waals surface area contributed by atoms with Crippen molar-refractivity contribution < 1.29 is 4.42 Å². The summed E-state index contributed by atoms with van der Waals surface area (Å²) in [6.45, 7) is 34.4. The standard InChI is InChI=1S/C74H74BN3OS/c1-70(2,3)45-20-29-50(30-21-45)76(51-31-22-46(23-32-51)71(4,5)6)54-37-39-65-56(41-54)57-42-59-62(44-66(57)80-65)78(53-35-26-48(27-36-53)73(10,11)12)75-60-40-49(74(13,14)15)28-38-61(60)77(52-33-24-47(25-34-52)72(7,8)9)63-43-58-55-18-16-17-19-64(55)79-69(58)67(59)68(63)75/h16-44H,1-15H3. The van der Waals surface area contributed by atoms with Crippen molar-refractivity contribution in [2.45, 2.75) is 131 Å². The van der Waals surface area contributed by atoms with Crippen LogP contribution in [0.4, 0.5) is 45.5 Å². The van der Waals surface area contributed by atoms with Crippen LogP contribution in [0.15, 0.2) is 180 Å². The average molecular weight is 1060 g/mol. The first-order valence-corrected chi connectivity index (χ1v) is 29.6. The van der Waals surface area contributed by atoms with E-state index in [9.17, 15) is 0 Å². The molecule has 4 nitrogen and oxygen atoms in total. The highest BCUT2D eigenvalue weighted by molar-refractivity contribution is 7.25. The Bertz CT molecular complexity index is 4180. The molecular weight excluding hydrogens is 990 g/mol. The van der Waals surface area contributed by atoms with Gasteiger partial charge in [-0.3, -0.25) is 0 Å². The molecule has 0 atom stereocenters. The van der Waals surface area contributed by atoms with Crippen LogP contribution in [0.2, 0.25) is 0 Å². The number of fused-ring (bicyclic) bond motifs is 11. The molecule has 0 N–H and O–H groups in total. The third kappa shape index (κ3) is 8.55. The van der Waals surface area contributed by atoms with Gasteiger partial charge in [0.15, 0.2) is 0 Å². The maximum absolute atomic E-state index is 7.28. The highest BCUT2D eigenvalue weighted by Crippen LogP contribution is 2.54. The molecule has 0 saturated carbocycles. The van der Waals surface area contributed by atoms with Crippen molar-refractivity contribution in [1.29, 1.82) is 0 Å². The van der Waals surface area contributed by atoms with E-state index in [-0.39, 0.29) is 33.9 Å². The number of anilines is 8. The van der Waals surface area contributed by atoms with Crippen molar-refractivity contribution >= 4 is 117 Å². The van der Waals surface area contributed by atoms with Crippen LogP contribution < -0.4 is 25.5 Å². The largest absolute Gasteiger partial charge is 0.455 e. The molecule has 0 spiro atoms. The van der Waals surface area contributed by atoms with Crippen molar-refractivity contribution in [2.75, 3.05) is 14.6 Å². The van der Waals surface area contributed by atoms with E-state index in [0.29, 0.717) is 0 Å². The van der Waals surface area contributed by atoms with Crippen LogP contribution in [-0.2, 0) is 27.1 Å². The van der Waals surface area contributed by atoms with Crippen LogP contribution in [0.3, 0.4) is 0 Å². The summed E-state index contributed by atoms with van der Waals surface area (Å²) < 4.78 is 9.79. The lowest BCUT2D eigenvalue weighted by molar-refractivity contribution is 0.590. The predicted octanol–water partition coefficient (Wildman–Crippen LogP) is 20.6. The summed E-state index contributed by atoms with van der Waals surface area (Å²) in [5, 5.41) is 4.72. The molecule has 13 rings (SSSR count). The number of nitrogens with zero attached hydrogens (tertiary/aromatic N) is 3. The number of benzene rings is 9. The zero-order valence-corrected chi connectivity index (χ0v) is 50.3. The van der Waals surface area contributed by atoms with E-state index in [1.54, 1.807) is 0 Å². The normalized spacial score (nSPS) is 13.9. The monoisotopic (exact) mass is 1060 g/mol. The Morgan fingerprint density at radius 1 is 0.400 bits per heavy atom. The number of rotatable bonds is 5. The first kappa shape index (κ1) is 51.9. The molecule has 0 saturated heterocycles. The van der Waals surface area contributed by atoms with Crippen molar-refractivity contribution in [1.82, 2.24) is 0 Å². The zero-order chi connectivity index (χ0) is 56.2. The molecule has 0 amide bonds. The van der Waals surface area contributed by atoms with Crippen LogP contribution in [-0.4, -0.2) is 6.85 Å². The molecule has 0 radical (unpaired) electrons. The quantitative estimate of drug-likeness (QED) is 0.160. The molecule has 2 aliphatic rings. The fourth-order valence-corrected chi connectivity index (χ4v) is 13.6. The van der Waals surface area contributed by atoms with Crippen LogP contribution >= 0.6 is 11.3 Å². The molecule has 0 bridgehead atoms. The van der Waals surface area contributed by atoms with Gasteiger partial charge in [-0.2, -0.15) is 0 Å². The van der Waals surface area contributed by atoms with E-state index < -0.39 is 0 Å². The molecule has 2 aliphatic heterocycles. The summed E-state index contributed by atoms with van der Waals surface area (Å²) in [7, 11) is 0. The van der Waals surface area contributed by atoms with Gasteiger partial charge in [-0.05, 0) is 163 Å². The molecule has 400 valence electrons. The Morgan fingerprint density at radius 3 is 1.46 bits per heavy atom. The summed E-state index contributed by atoms with van der Waals surface area (Å²) in [5.74, 6) is 0.